The minimum absolute atomic E-state index is 0. The van der Waals surface area contributed by atoms with Gasteiger partial charge in [-0.25, -0.2) is 0 Å². The Bertz CT molecular complexity index is 1190. The third kappa shape index (κ3) is 19.8. The molecular weight excluding hydrogens is 558 g/mol. The van der Waals surface area contributed by atoms with Gasteiger partial charge in [-0.1, -0.05) is 110 Å². The summed E-state index contributed by atoms with van der Waals surface area (Å²) in [5.41, 5.74) is 9.61. The number of rotatable bonds is 14. The fourth-order valence-corrected chi connectivity index (χ4v) is 3.60. The highest BCUT2D eigenvalue weighted by Gasteiger charge is 2.25. The lowest BCUT2D eigenvalue weighted by Gasteiger charge is -2.15. The van der Waals surface area contributed by atoms with E-state index in [0.29, 0.717) is 23.7 Å². The number of pyridine rings is 1. The Balaban J connectivity index is -0.000000350. The van der Waals surface area contributed by atoms with E-state index in [-0.39, 0.29) is 26.0 Å². The van der Waals surface area contributed by atoms with E-state index in [0.717, 1.165) is 36.1 Å². The van der Waals surface area contributed by atoms with E-state index in [1.165, 1.54) is 6.42 Å². The molecule has 7 heteroatoms. The van der Waals surface area contributed by atoms with Crippen LogP contribution in [0.1, 0.15) is 96.0 Å². The summed E-state index contributed by atoms with van der Waals surface area (Å²) in [5, 5.41) is 5.71. The van der Waals surface area contributed by atoms with Crippen LogP contribution in [0.15, 0.2) is 90.3 Å². The summed E-state index contributed by atoms with van der Waals surface area (Å²) in [6, 6.07) is 1.76. The van der Waals surface area contributed by atoms with E-state index in [1.807, 2.05) is 52.8 Å². The molecule has 1 unspecified atom stereocenters. The second-order valence-electron chi connectivity index (χ2n) is 11.0. The SMILES string of the molecule is C=CCCC(CC)CC(=O)Nc1cnc(C)c(NC(=O)C(C)C)c1.C=C\C=C/C(=C\C1(C)C=C1)C(/C=NC)=C/N.CC.CCC.[HH].[HH]. The van der Waals surface area contributed by atoms with Crippen molar-refractivity contribution >= 4 is 29.4 Å². The number of nitrogens with zero attached hydrogens (tertiary/aromatic N) is 2. The molecule has 0 aromatic carbocycles. The number of aliphatic imine (C=N–C) groups is 1. The average Bonchev–Trinajstić information content (AvgIpc) is 3.75. The van der Waals surface area contributed by atoms with Crippen molar-refractivity contribution in [3.8, 4) is 0 Å². The molecule has 0 saturated carbocycles. The molecule has 0 bridgehead atoms. The smallest absolute Gasteiger partial charge is 0.226 e. The molecule has 0 spiro atoms. The number of allylic oxidation sites excluding steroid dienone is 9. The number of nitrogens with two attached hydrogens (primary N) is 1. The number of carbonyl (C=O) groups is 2. The standard InChI is InChI=1S/C19H29N3O2.C14H18N2.C3H8.C2H6.2H2/c1-6-8-9-15(7-2)10-18(23)21-16-11-17(14(5)20-12-16)22-19(24)13(3)4;1-4-5-6-12(9-14(2)7-8-14)13(10-15)11-16-3;1-3-2;1-2;;/h6,11-13,15H,1,7-10H2,2-5H3,(H,21,23)(H,22,24);4-11H,1,15H2,2-3H3;3H2,1-2H3;1-2H3;2*1H/b;6-5-,12-9+,13-10+,16-11?;;;;. The number of hydrogen-bond donors (Lipinski definition) is 3. The van der Waals surface area contributed by atoms with Gasteiger partial charge in [0.1, 0.15) is 0 Å². The average molecular weight is 624 g/mol. The van der Waals surface area contributed by atoms with Crippen molar-refractivity contribution < 1.29 is 12.4 Å². The lowest BCUT2D eigenvalue weighted by Crippen LogP contribution is -2.20. The number of hydrogen-bond acceptors (Lipinski definition) is 5. The van der Waals surface area contributed by atoms with Crippen LogP contribution >= 0.6 is 0 Å². The first-order valence-corrected chi connectivity index (χ1v) is 16.2. The van der Waals surface area contributed by atoms with Crippen molar-refractivity contribution in [3.63, 3.8) is 0 Å². The summed E-state index contributed by atoms with van der Waals surface area (Å²) in [4.78, 5) is 32.3. The molecule has 0 aliphatic heterocycles. The van der Waals surface area contributed by atoms with E-state index in [1.54, 1.807) is 37.8 Å². The Morgan fingerprint density at radius 3 is 2.22 bits per heavy atom. The first kappa shape index (κ1) is 43.1. The van der Waals surface area contributed by atoms with E-state index in [4.69, 9.17) is 5.73 Å². The summed E-state index contributed by atoms with van der Waals surface area (Å²) in [5.74, 6) is 0.135. The number of aryl methyl sites for hydroxylation is 1. The van der Waals surface area contributed by atoms with E-state index >= 15 is 0 Å². The molecule has 0 fully saturated rings. The van der Waals surface area contributed by atoms with Crippen molar-refractivity contribution in [2.75, 3.05) is 17.7 Å². The van der Waals surface area contributed by atoms with Gasteiger partial charge in [-0.2, -0.15) is 0 Å². The van der Waals surface area contributed by atoms with Crippen molar-refractivity contribution in [2.24, 2.45) is 28.0 Å². The van der Waals surface area contributed by atoms with Crippen molar-refractivity contribution in [3.05, 3.63) is 91.0 Å². The normalized spacial score (nSPS) is 13.8. The molecule has 1 heterocycles. The van der Waals surface area contributed by atoms with Gasteiger partial charge in [0.15, 0.2) is 0 Å². The number of carbonyl (C=O) groups excluding carboxylic acids is 2. The Labute approximate surface area is 277 Å². The summed E-state index contributed by atoms with van der Waals surface area (Å²) in [6.07, 6.45) is 23.5. The maximum atomic E-state index is 12.2. The van der Waals surface area contributed by atoms with Crippen LogP contribution in [0.3, 0.4) is 0 Å². The fraction of sp³-hybridized carbons (Fsp3) is 0.474. The van der Waals surface area contributed by atoms with Crippen LogP contribution in [0.25, 0.3) is 0 Å². The maximum Gasteiger partial charge on any atom is 0.226 e. The van der Waals surface area contributed by atoms with Crippen LogP contribution in [0.2, 0.25) is 0 Å². The highest BCUT2D eigenvalue weighted by atomic mass is 16.2. The Morgan fingerprint density at radius 1 is 1.13 bits per heavy atom. The summed E-state index contributed by atoms with van der Waals surface area (Å²) in [7, 11) is 1.73. The zero-order chi connectivity index (χ0) is 34.8. The van der Waals surface area contributed by atoms with Gasteiger partial charge >= 0.3 is 0 Å². The topological polar surface area (TPSA) is 109 Å². The van der Waals surface area contributed by atoms with Gasteiger partial charge in [0.25, 0.3) is 0 Å². The maximum absolute atomic E-state index is 12.2. The molecule has 45 heavy (non-hydrogen) atoms. The second kappa shape index (κ2) is 25.3. The van der Waals surface area contributed by atoms with E-state index < -0.39 is 0 Å². The molecule has 1 aromatic heterocycles. The van der Waals surface area contributed by atoms with E-state index in [9.17, 15) is 9.59 Å². The number of aromatic nitrogens is 1. The molecule has 254 valence electrons. The molecule has 7 nitrogen and oxygen atoms in total. The molecular formula is C38H65N5O2. The summed E-state index contributed by atoms with van der Waals surface area (Å²) >= 11 is 0. The van der Waals surface area contributed by atoms with Crippen LogP contribution in [-0.4, -0.2) is 30.1 Å². The van der Waals surface area contributed by atoms with Gasteiger partial charge in [-0.3, -0.25) is 19.6 Å². The summed E-state index contributed by atoms with van der Waals surface area (Å²) in [6.45, 7) is 25.4. The van der Waals surface area contributed by atoms with Gasteiger partial charge in [-0.05, 0) is 44.2 Å². The molecule has 2 amide bonds. The predicted molar refractivity (Wildman–Crippen MR) is 202 cm³/mol. The summed E-state index contributed by atoms with van der Waals surface area (Å²) < 4.78 is 0. The third-order valence-electron chi connectivity index (χ3n) is 6.34. The molecule has 4 N–H and O–H groups in total. The zero-order valence-electron chi connectivity index (χ0n) is 29.7. The van der Waals surface area contributed by atoms with Gasteiger partial charge in [0, 0.05) is 45.6 Å². The highest BCUT2D eigenvalue weighted by molar-refractivity contribution is 5.95. The van der Waals surface area contributed by atoms with Crippen LogP contribution in [0.5, 0.6) is 0 Å². The number of nitrogens with one attached hydrogen (secondary N) is 2. The predicted octanol–water partition coefficient (Wildman–Crippen LogP) is 10.0. The minimum Gasteiger partial charge on any atom is -0.404 e. The molecule has 0 radical (unpaired) electrons. The van der Waals surface area contributed by atoms with Crippen molar-refractivity contribution in [2.45, 2.75) is 94.4 Å². The van der Waals surface area contributed by atoms with Crippen LogP contribution in [0.4, 0.5) is 11.4 Å². The van der Waals surface area contributed by atoms with E-state index in [2.05, 4.69) is 79.7 Å². The van der Waals surface area contributed by atoms with Gasteiger partial charge in [0.2, 0.25) is 11.8 Å². The minimum atomic E-state index is -0.113. The first-order chi connectivity index (χ1) is 21.4. The number of amides is 2. The van der Waals surface area contributed by atoms with Gasteiger partial charge in [-0.15, -0.1) is 6.58 Å². The monoisotopic (exact) mass is 624 g/mol. The molecule has 1 aliphatic rings. The molecule has 1 aliphatic carbocycles. The third-order valence-corrected chi connectivity index (χ3v) is 6.34. The fourth-order valence-electron chi connectivity index (χ4n) is 3.60. The lowest BCUT2D eigenvalue weighted by atomic mass is 9.96. The molecule has 2 rings (SSSR count). The van der Waals surface area contributed by atoms with Gasteiger partial charge in [0.05, 0.1) is 23.3 Å². The Kier molecular flexibility index (Phi) is 24.3. The van der Waals surface area contributed by atoms with Crippen LogP contribution in [-0.2, 0) is 9.59 Å². The molecule has 1 aromatic rings. The lowest BCUT2D eigenvalue weighted by molar-refractivity contribution is -0.119. The molecule has 1 atom stereocenters. The quantitative estimate of drug-likeness (QED) is 0.109. The van der Waals surface area contributed by atoms with Gasteiger partial charge < -0.3 is 16.4 Å². The first-order valence-electron chi connectivity index (χ1n) is 16.2. The highest BCUT2D eigenvalue weighted by Crippen LogP contribution is 2.37. The van der Waals surface area contributed by atoms with Crippen molar-refractivity contribution in [1.29, 1.82) is 0 Å². The zero-order valence-corrected chi connectivity index (χ0v) is 29.7. The largest absolute Gasteiger partial charge is 0.404 e. The van der Waals surface area contributed by atoms with Crippen LogP contribution < -0.4 is 16.4 Å². The van der Waals surface area contributed by atoms with Crippen molar-refractivity contribution in [1.82, 2.24) is 4.98 Å². The Morgan fingerprint density at radius 2 is 1.76 bits per heavy atom. The molecule has 0 saturated heterocycles. The second-order valence-corrected chi connectivity index (χ2v) is 11.0. The Hall–Kier alpha value is -4.00. The van der Waals surface area contributed by atoms with Crippen LogP contribution in [0, 0.1) is 24.2 Å². The number of anilines is 2.